The average molecular weight is 525 g/mol. The van der Waals surface area contributed by atoms with Crippen molar-refractivity contribution in [2.24, 2.45) is 11.8 Å². The number of nitriles is 1. The molecule has 39 heavy (non-hydrogen) atoms. The molecule has 206 valence electrons. The summed E-state index contributed by atoms with van der Waals surface area (Å²) >= 11 is 0. The standard InChI is InChI=1S/C34H44N4O/c1-21-9-8-10-25-17-26(32(36-29(21)25)37-30(23-11-12-23)24-13-14-24)19-38(20-35)18-22-15-27(33(2,3)4)31(39)28(16-22)34(5,6)7/h8-10,15-17,23-24,30,39H,11-14,18-19H2,1-7H3,(H,36,37). The lowest BCUT2D eigenvalue weighted by atomic mass is 9.78. The molecule has 0 bridgehead atoms. The molecule has 0 amide bonds. The summed E-state index contributed by atoms with van der Waals surface area (Å²) < 4.78 is 0. The van der Waals surface area contributed by atoms with Gasteiger partial charge in [0.15, 0.2) is 6.19 Å². The summed E-state index contributed by atoms with van der Waals surface area (Å²) in [4.78, 5) is 6.97. The number of nitrogens with zero attached hydrogens (tertiary/aromatic N) is 3. The Hall–Kier alpha value is -3.26. The van der Waals surface area contributed by atoms with E-state index in [1.165, 1.54) is 31.2 Å². The number of hydrogen-bond donors (Lipinski definition) is 2. The van der Waals surface area contributed by atoms with Crippen LogP contribution in [0.3, 0.4) is 0 Å². The molecular weight excluding hydrogens is 480 g/mol. The van der Waals surface area contributed by atoms with E-state index in [4.69, 9.17) is 4.98 Å². The van der Waals surface area contributed by atoms with E-state index in [1.807, 2.05) is 4.90 Å². The molecule has 1 heterocycles. The summed E-state index contributed by atoms with van der Waals surface area (Å²) in [6, 6.07) is 13.2. The van der Waals surface area contributed by atoms with E-state index in [0.29, 0.717) is 24.9 Å². The van der Waals surface area contributed by atoms with Crippen LogP contribution in [0, 0.1) is 30.2 Å². The van der Waals surface area contributed by atoms with Crippen molar-refractivity contribution >= 4 is 16.7 Å². The van der Waals surface area contributed by atoms with Gasteiger partial charge in [0, 0.05) is 17.0 Å². The Kier molecular flexibility index (Phi) is 7.04. The summed E-state index contributed by atoms with van der Waals surface area (Å²) in [5.74, 6) is 2.79. The summed E-state index contributed by atoms with van der Waals surface area (Å²) in [6.07, 6.45) is 7.65. The monoisotopic (exact) mass is 524 g/mol. The minimum atomic E-state index is -0.213. The van der Waals surface area contributed by atoms with E-state index in [9.17, 15) is 10.4 Å². The zero-order valence-electron chi connectivity index (χ0n) is 24.7. The van der Waals surface area contributed by atoms with Crippen LogP contribution in [0.15, 0.2) is 36.4 Å². The van der Waals surface area contributed by atoms with Crippen molar-refractivity contribution in [3.63, 3.8) is 0 Å². The molecule has 2 aliphatic rings. The number of phenolic OH excluding ortho intramolecular Hbond substituents is 1. The van der Waals surface area contributed by atoms with E-state index in [1.54, 1.807) is 0 Å². The van der Waals surface area contributed by atoms with Crippen LogP contribution in [0.1, 0.15) is 95.0 Å². The molecule has 0 aliphatic heterocycles. The smallest absolute Gasteiger partial charge is 0.179 e. The Bertz CT molecular complexity index is 1370. The van der Waals surface area contributed by atoms with Crippen molar-refractivity contribution in [2.75, 3.05) is 5.32 Å². The first-order valence-electron chi connectivity index (χ1n) is 14.5. The molecule has 5 nitrogen and oxygen atoms in total. The highest BCUT2D eigenvalue weighted by molar-refractivity contribution is 5.84. The number of pyridine rings is 1. The van der Waals surface area contributed by atoms with Gasteiger partial charge in [0.05, 0.1) is 18.6 Å². The molecule has 2 saturated carbocycles. The number of nitrogens with one attached hydrogen (secondary N) is 1. The SMILES string of the molecule is Cc1cccc2cc(CN(C#N)Cc3cc(C(C)(C)C)c(O)c(C(C)(C)C)c3)c(NC(C3CC3)C3CC3)nc12. The van der Waals surface area contributed by atoms with Crippen molar-refractivity contribution in [1.29, 1.82) is 5.26 Å². The van der Waals surface area contributed by atoms with Crippen LogP contribution in [-0.2, 0) is 23.9 Å². The van der Waals surface area contributed by atoms with Crippen LogP contribution < -0.4 is 5.32 Å². The van der Waals surface area contributed by atoms with Gasteiger partial charge in [-0.1, -0.05) is 59.7 Å². The quantitative estimate of drug-likeness (QED) is 0.231. The number of phenols is 1. The van der Waals surface area contributed by atoms with Gasteiger partial charge in [-0.2, -0.15) is 5.26 Å². The molecule has 2 aliphatic carbocycles. The fourth-order valence-electron chi connectivity index (χ4n) is 5.81. The predicted octanol–water partition coefficient (Wildman–Crippen LogP) is 7.93. The van der Waals surface area contributed by atoms with Crippen LogP contribution in [0.4, 0.5) is 5.82 Å². The fourth-order valence-corrected chi connectivity index (χ4v) is 5.81. The van der Waals surface area contributed by atoms with Gasteiger partial charge in [-0.05, 0) is 95.7 Å². The second-order valence-corrected chi connectivity index (χ2v) is 14.0. The Morgan fingerprint density at radius 3 is 2.08 bits per heavy atom. The van der Waals surface area contributed by atoms with Gasteiger partial charge in [0.1, 0.15) is 11.6 Å². The molecule has 1 aromatic heterocycles. The number of rotatable bonds is 8. The highest BCUT2D eigenvalue weighted by Gasteiger charge is 2.42. The molecule has 2 N–H and O–H groups in total. The van der Waals surface area contributed by atoms with Crippen molar-refractivity contribution < 1.29 is 5.11 Å². The Balaban J connectivity index is 1.50. The molecule has 0 unspecified atom stereocenters. The number of anilines is 1. The summed E-state index contributed by atoms with van der Waals surface area (Å²) in [7, 11) is 0. The van der Waals surface area contributed by atoms with Crippen molar-refractivity contribution in [2.45, 2.75) is 104 Å². The molecule has 0 radical (unpaired) electrons. The number of benzene rings is 2. The molecule has 2 fully saturated rings. The highest BCUT2D eigenvalue weighted by atomic mass is 16.3. The van der Waals surface area contributed by atoms with Gasteiger partial charge in [0.2, 0.25) is 0 Å². The first-order chi connectivity index (χ1) is 18.3. The lowest BCUT2D eigenvalue weighted by Gasteiger charge is -2.29. The maximum absolute atomic E-state index is 11.2. The van der Waals surface area contributed by atoms with Crippen LogP contribution in [-0.4, -0.2) is 21.0 Å². The number of hydrogen-bond acceptors (Lipinski definition) is 5. The van der Waals surface area contributed by atoms with Gasteiger partial charge >= 0.3 is 0 Å². The first kappa shape index (κ1) is 27.3. The number of aryl methyl sites for hydroxylation is 1. The summed E-state index contributed by atoms with van der Waals surface area (Å²) in [6.45, 7) is 15.8. The zero-order chi connectivity index (χ0) is 28.1. The molecule has 0 atom stereocenters. The normalized spacial score (nSPS) is 16.0. The second-order valence-electron chi connectivity index (χ2n) is 14.0. The van der Waals surface area contributed by atoms with Crippen molar-refractivity contribution in [1.82, 2.24) is 9.88 Å². The van der Waals surface area contributed by atoms with E-state index >= 15 is 0 Å². The van der Waals surface area contributed by atoms with Crippen molar-refractivity contribution in [3.05, 3.63) is 64.2 Å². The summed E-state index contributed by atoms with van der Waals surface area (Å²) in [5.41, 5.74) is 5.71. The molecule has 0 saturated heterocycles. The lowest BCUT2D eigenvalue weighted by molar-refractivity contribution is 0.375. The minimum Gasteiger partial charge on any atom is -0.507 e. The molecule has 5 heteroatoms. The van der Waals surface area contributed by atoms with E-state index < -0.39 is 0 Å². The van der Waals surface area contributed by atoms with E-state index in [2.05, 4.69) is 96.4 Å². The maximum atomic E-state index is 11.2. The highest BCUT2D eigenvalue weighted by Crippen LogP contribution is 2.46. The van der Waals surface area contributed by atoms with E-state index in [0.717, 1.165) is 50.8 Å². The summed E-state index contributed by atoms with van der Waals surface area (Å²) in [5, 5.41) is 26.4. The van der Waals surface area contributed by atoms with E-state index in [-0.39, 0.29) is 10.8 Å². The van der Waals surface area contributed by atoms with Crippen molar-refractivity contribution in [3.8, 4) is 11.9 Å². The zero-order valence-corrected chi connectivity index (χ0v) is 24.7. The minimum absolute atomic E-state index is 0.213. The Morgan fingerprint density at radius 2 is 1.56 bits per heavy atom. The van der Waals surface area contributed by atoms with Crippen LogP contribution in [0.25, 0.3) is 10.9 Å². The molecule has 5 rings (SSSR count). The number of fused-ring (bicyclic) bond motifs is 1. The van der Waals surface area contributed by atoms with Gasteiger partial charge < -0.3 is 15.3 Å². The third-order valence-electron chi connectivity index (χ3n) is 8.35. The number of aromatic nitrogens is 1. The number of aromatic hydroxyl groups is 1. The maximum Gasteiger partial charge on any atom is 0.179 e. The third-order valence-corrected chi connectivity index (χ3v) is 8.35. The Morgan fingerprint density at radius 1 is 0.974 bits per heavy atom. The van der Waals surface area contributed by atoms with Gasteiger partial charge in [0.25, 0.3) is 0 Å². The van der Waals surface area contributed by atoms with Crippen LogP contribution in [0.5, 0.6) is 5.75 Å². The van der Waals surface area contributed by atoms with Gasteiger partial charge in [-0.15, -0.1) is 0 Å². The molecule has 2 aromatic carbocycles. The lowest BCUT2D eigenvalue weighted by Crippen LogP contribution is -2.27. The average Bonchev–Trinajstić information content (AvgIpc) is 3.76. The Labute approximate surface area is 234 Å². The second kappa shape index (κ2) is 10.0. The number of para-hydroxylation sites is 1. The first-order valence-corrected chi connectivity index (χ1v) is 14.5. The molecule has 3 aromatic rings. The van der Waals surface area contributed by atoms with Crippen LogP contribution >= 0.6 is 0 Å². The largest absolute Gasteiger partial charge is 0.507 e. The predicted molar refractivity (Wildman–Crippen MR) is 160 cm³/mol. The van der Waals surface area contributed by atoms with Gasteiger partial charge in [-0.3, -0.25) is 0 Å². The topological polar surface area (TPSA) is 72.2 Å². The molecule has 0 spiro atoms. The molecular formula is C34H44N4O. The fraction of sp³-hybridized carbons (Fsp3) is 0.529. The third kappa shape index (κ3) is 6.01. The van der Waals surface area contributed by atoms with Gasteiger partial charge in [-0.25, -0.2) is 4.98 Å². The van der Waals surface area contributed by atoms with Crippen LogP contribution in [0.2, 0.25) is 0 Å².